The SMILES string of the molecule is CO[C@@H]1[C@@H](OC)[C@@H](O[C@H]2CC[C@]3(C=O)[C@@H]4CC[C@]5(C)[C@H](C6=CC(=O)OC6)CC[C@]5(O)[C@H]4CC[C@@]3(O)C2)O[C@@H](C)[C@H]1OC(C)=O. The van der Waals surface area contributed by atoms with E-state index in [1.807, 2.05) is 0 Å². The molecular formula is C33H48O11. The van der Waals surface area contributed by atoms with Gasteiger partial charge in [0, 0.05) is 39.1 Å². The molecule has 11 nitrogen and oxygen atoms in total. The first-order valence-electron chi connectivity index (χ1n) is 16.2. The molecular weight excluding hydrogens is 572 g/mol. The molecule has 5 fully saturated rings. The maximum absolute atomic E-state index is 13.2. The lowest BCUT2D eigenvalue weighted by Gasteiger charge is -2.65. The van der Waals surface area contributed by atoms with Crippen LogP contribution in [-0.2, 0) is 42.8 Å². The van der Waals surface area contributed by atoms with Gasteiger partial charge in [0.05, 0.1) is 28.8 Å². The number of methoxy groups -OCH3 is 2. The number of cyclic esters (lactones) is 1. The maximum Gasteiger partial charge on any atom is 0.331 e. The van der Waals surface area contributed by atoms with Crippen LogP contribution in [0.3, 0.4) is 0 Å². The first kappa shape index (κ1) is 32.1. The van der Waals surface area contributed by atoms with Crippen LogP contribution in [0.2, 0.25) is 0 Å². The Balaban J connectivity index is 1.20. The predicted molar refractivity (Wildman–Crippen MR) is 154 cm³/mol. The largest absolute Gasteiger partial charge is 0.458 e. The van der Waals surface area contributed by atoms with E-state index < -0.39 is 64.8 Å². The molecule has 2 aliphatic heterocycles. The minimum absolute atomic E-state index is 0.0556. The second-order valence-corrected chi connectivity index (χ2v) is 14.4. The monoisotopic (exact) mass is 620 g/mol. The molecule has 0 amide bonds. The molecule has 44 heavy (non-hydrogen) atoms. The summed E-state index contributed by atoms with van der Waals surface area (Å²) in [6.45, 7) is 5.55. The Labute approximate surface area is 258 Å². The molecule has 1 saturated heterocycles. The Morgan fingerprint density at radius 3 is 2.36 bits per heavy atom. The lowest BCUT2D eigenvalue weighted by molar-refractivity contribution is -0.324. The standard InChI is InChI=1S/C33H48O11/c1-18-26(43-19(2)35)27(39-4)28(40-5)29(42-18)44-21-6-11-31(17-34)23-7-10-30(3)22(20-14-25(36)41-16-20)9-13-33(30,38)24(23)8-12-32(31,37)15-21/h14,17-18,21-24,26-29,37-38H,6-13,15-16H2,1-5H3/t18-,21-,22-,23+,24-,26+,27-,28+,29+,30+,31-,32+,33-/m0/s1. The molecule has 4 aliphatic carbocycles. The van der Waals surface area contributed by atoms with E-state index in [1.54, 1.807) is 13.0 Å². The van der Waals surface area contributed by atoms with Crippen molar-refractivity contribution in [2.24, 2.45) is 28.6 Å². The van der Waals surface area contributed by atoms with E-state index in [4.69, 9.17) is 28.4 Å². The van der Waals surface area contributed by atoms with Gasteiger partial charge in [-0.3, -0.25) is 4.79 Å². The van der Waals surface area contributed by atoms with Crippen LogP contribution >= 0.6 is 0 Å². The van der Waals surface area contributed by atoms with Gasteiger partial charge in [-0.05, 0) is 81.6 Å². The van der Waals surface area contributed by atoms with Gasteiger partial charge >= 0.3 is 11.9 Å². The number of hydrogen-bond donors (Lipinski definition) is 2. The number of fused-ring (bicyclic) bond motifs is 5. The number of aldehydes is 1. The number of hydrogen-bond acceptors (Lipinski definition) is 11. The highest BCUT2D eigenvalue weighted by Gasteiger charge is 2.71. The number of rotatable bonds is 7. The molecule has 0 radical (unpaired) electrons. The average Bonchev–Trinajstić information content (AvgIpc) is 3.52. The van der Waals surface area contributed by atoms with Gasteiger partial charge in [0.15, 0.2) is 12.4 Å². The zero-order valence-corrected chi connectivity index (χ0v) is 26.5. The van der Waals surface area contributed by atoms with E-state index in [1.165, 1.54) is 21.1 Å². The Hall–Kier alpha value is -1.89. The van der Waals surface area contributed by atoms with Crippen molar-refractivity contribution in [1.82, 2.24) is 0 Å². The molecule has 0 spiro atoms. The normalized spacial score (nSPS) is 50.1. The number of carbonyl (C=O) groups is 3. The maximum atomic E-state index is 13.2. The van der Waals surface area contributed by atoms with Gasteiger partial charge in [0.25, 0.3) is 0 Å². The van der Waals surface area contributed by atoms with Crippen molar-refractivity contribution < 1.29 is 53.0 Å². The number of ether oxygens (including phenoxy) is 6. The van der Waals surface area contributed by atoms with Crippen molar-refractivity contribution in [1.29, 1.82) is 0 Å². The summed E-state index contributed by atoms with van der Waals surface area (Å²) in [6, 6.07) is 0. The van der Waals surface area contributed by atoms with E-state index >= 15 is 0 Å². The Morgan fingerprint density at radius 2 is 1.73 bits per heavy atom. The first-order chi connectivity index (χ1) is 20.9. The van der Waals surface area contributed by atoms with Crippen LogP contribution in [0, 0.1) is 28.6 Å². The smallest absolute Gasteiger partial charge is 0.331 e. The van der Waals surface area contributed by atoms with Gasteiger partial charge < -0.3 is 43.4 Å². The predicted octanol–water partition coefficient (Wildman–Crippen LogP) is 2.63. The average molecular weight is 621 g/mol. The van der Waals surface area contributed by atoms with Gasteiger partial charge in [-0.15, -0.1) is 0 Å². The van der Waals surface area contributed by atoms with Crippen molar-refractivity contribution in [2.45, 2.75) is 127 Å². The van der Waals surface area contributed by atoms with Crippen LogP contribution in [0.15, 0.2) is 11.6 Å². The molecule has 2 N–H and O–H groups in total. The molecule has 6 aliphatic rings. The van der Waals surface area contributed by atoms with Crippen molar-refractivity contribution in [2.75, 3.05) is 20.8 Å². The quantitative estimate of drug-likeness (QED) is 0.246. The highest BCUT2D eigenvalue weighted by atomic mass is 16.7. The minimum Gasteiger partial charge on any atom is -0.458 e. The van der Waals surface area contributed by atoms with E-state index in [0.717, 1.165) is 24.7 Å². The molecule has 0 aromatic heterocycles. The van der Waals surface area contributed by atoms with Crippen molar-refractivity contribution >= 4 is 18.2 Å². The highest BCUT2D eigenvalue weighted by molar-refractivity contribution is 5.85. The van der Waals surface area contributed by atoms with Crippen molar-refractivity contribution in [3.63, 3.8) is 0 Å². The Morgan fingerprint density at radius 1 is 1.00 bits per heavy atom. The lowest BCUT2D eigenvalue weighted by Crippen LogP contribution is -2.69. The summed E-state index contributed by atoms with van der Waals surface area (Å²) in [5.41, 5.74) is -2.75. The first-order valence-corrected chi connectivity index (χ1v) is 16.2. The molecule has 6 rings (SSSR count). The van der Waals surface area contributed by atoms with Crippen LogP contribution in [0.1, 0.15) is 78.6 Å². The fraction of sp³-hybridized carbons (Fsp3) is 0.848. The zero-order valence-electron chi connectivity index (χ0n) is 26.5. The van der Waals surface area contributed by atoms with E-state index in [2.05, 4.69) is 6.92 Å². The van der Waals surface area contributed by atoms with Gasteiger partial charge in [-0.25, -0.2) is 4.79 Å². The third-order valence-corrected chi connectivity index (χ3v) is 12.7. The molecule has 246 valence electrons. The topological polar surface area (TPSA) is 147 Å². The van der Waals surface area contributed by atoms with E-state index in [-0.39, 0.29) is 36.8 Å². The summed E-state index contributed by atoms with van der Waals surface area (Å²) in [4.78, 5) is 36.8. The number of aliphatic hydroxyl groups is 2. The number of carbonyl (C=O) groups excluding carboxylic acids is 3. The third kappa shape index (κ3) is 4.63. The zero-order chi connectivity index (χ0) is 31.7. The Bertz CT molecular complexity index is 1190. The fourth-order valence-corrected chi connectivity index (χ4v) is 10.6. The summed E-state index contributed by atoms with van der Waals surface area (Å²) in [6.07, 6.45) is 3.86. The van der Waals surface area contributed by atoms with Crippen LogP contribution in [0.4, 0.5) is 0 Å². The second kappa shape index (κ2) is 11.4. The van der Waals surface area contributed by atoms with Crippen LogP contribution in [-0.4, -0.2) is 97.3 Å². The van der Waals surface area contributed by atoms with Gasteiger partial charge in [-0.1, -0.05) is 6.92 Å². The van der Waals surface area contributed by atoms with Crippen LogP contribution in [0.5, 0.6) is 0 Å². The van der Waals surface area contributed by atoms with E-state index in [0.29, 0.717) is 38.5 Å². The van der Waals surface area contributed by atoms with Crippen molar-refractivity contribution in [3.8, 4) is 0 Å². The molecule has 11 heteroatoms. The summed E-state index contributed by atoms with van der Waals surface area (Å²) in [7, 11) is 3.05. The number of esters is 2. The highest BCUT2D eigenvalue weighted by Crippen LogP contribution is 2.70. The van der Waals surface area contributed by atoms with Gasteiger partial charge in [0.1, 0.15) is 25.1 Å². The lowest BCUT2D eigenvalue weighted by atomic mass is 9.41. The fourth-order valence-electron chi connectivity index (χ4n) is 10.6. The summed E-state index contributed by atoms with van der Waals surface area (Å²) >= 11 is 0. The summed E-state index contributed by atoms with van der Waals surface area (Å²) in [5.74, 6) is -1.00. The van der Waals surface area contributed by atoms with Crippen molar-refractivity contribution in [3.05, 3.63) is 11.6 Å². The van der Waals surface area contributed by atoms with Crippen LogP contribution in [0.25, 0.3) is 0 Å². The third-order valence-electron chi connectivity index (χ3n) is 12.7. The molecule has 2 heterocycles. The van der Waals surface area contributed by atoms with Crippen LogP contribution < -0.4 is 0 Å². The molecule has 4 saturated carbocycles. The molecule has 13 atom stereocenters. The minimum atomic E-state index is -1.29. The molecule has 0 aromatic carbocycles. The second-order valence-electron chi connectivity index (χ2n) is 14.4. The van der Waals surface area contributed by atoms with E-state index in [9.17, 15) is 24.6 Å². The summed E-state index contributed by atoms with van der Waals surface area (Å²) in [5, 5.41) is 24.8. The molecule has 0 aromatic rings. The Kier molecular flexibility index (Phi) is 8.32. The van der Waals surface area contributed by atoms with Gasteiger partial charge in [-0.2, -0.15) is 0 Å². The van der Waals surface area contributed by atoms with Gasteiger partial charge in [0.2, 0.25) is 0 Å². The molecule has 0 bridgehead atoms. The molecule has 0 unspecified atom stereocenters. The summed E-state index contributed by atoms with van der Waals surface area (Å²) < 4.78 is 34.7.